The third-order valence-corrected chi connectivity index (χ3v) is 1.48. The van der Waals surface area contributed by atoms with Gasteiger partial charge in [-0.25, -0.2) is 4.98 Å². The van der Waals surface area contributed by atoms with E-state index >= 15 is 0 Å². The van der Waals surface area contributed by atoms with Crippen LogP contribution in [0.2, 0.25) is 5.15 Å². The molecule has 62 valence electrons. The van der Waals surface area contributed by atoms with Gasteiger partial charge < -0.3 is 0 Å². The van der Waals surface area contributed by atoms with Crippen LogP contribution in [0.15, 0.2) is 24.4 Å². The van der Waals surface area contributed by atoms with Crippen LogP contribution in [0.25, 0.3) is 6.08 Å². The highest BCUT2D eigenvalue weighted by Crippen LogP contribution is 2.06. The number of aromatic nitrogens is 1. The first-order chi connectivity index (χ1) is 5.68. The van der Waals surface area contributed by atoms with Crippen LogP contribution < -0.4 is 0 Å². The highest BCUT2D eigenvalue weighted by atomic mass is 35.5. The molecule has 0 saturated heterocycles. The van der Waals surface area contributed by atoms with Crippen LogP contribution in [0.4, 0.5) is 0 Å². The molecule has 12 heavy (non-hydrogen) atoms. The summed E-state index contributed by atoms with van der Waals surface area (Å²) in [5.74, 6) is 0.0185. The third-order valence-electron chi connectivity index (χ3n) is 1.26. The Bertz CT molecular complexity index is 303. The van der Waals surface area contributed by atoms with Crippen LogP contribution in [0.5, 0.6) is 0 Å². The van der Waals surface area contributed by atoms with Gasteiger partial charge in [0.15, 0.2) is 5.78 Å². The van der Waals surface area contributed by atoms with E-state index in [-0.39, 0.29) is 5.78 Å². The van der Waals surface area contributed by atoms with Crippen molar-refractivity contribution in [3.05, 3.63) is 35.1 Å². The van der Waals surface area contributed by atoms with Crippen LogP contribution in [-0.2, 0) is 4.79 Å². The predicted molar refractivity (Wildman–Crippen MR) is 49.0 cm³/mol. The number of hydrogen-bond donors (Lipinski definition) is 0. The minimum atomic E-state index is 0.0185. The van der Waals surface area contributed by atoms with Crippen molar-refractivity contribution in [3.63, 3.8) is 0 Å². The molecule has 1 aromatic rings. The fourth-order valence-electron chi connectivity index (χ4n) is 0.699. The van der Waals surface area contributed by atoms with Crippen LogP contribution in [0.3, 0.4) is 0 Å². The van der Waals surface area contributed by atoms with Crippen molar-refractivity contribution < 1.29 is 4.79 Å². The number of allylic oxidation sites excluding steroid dienone is 1. The summed E-state index contributed by atoms with van der Waals surface area (Å²) in [5.41, 5.74) is 0.870. The molecule has 1 rings (SSSR count). The maximum Gasteiger partial charge on any atom is 0.152 e. The molecule has 0 aliphatic heterocycles. The third kappa shape index (κ3) is 2.84. The fourth-order valence-corrected chi connectivity index (χ4v) is 0.811. The van der Waals surface area contributed by atoms with E-state index in [0.29, 0.717) is 5.15 Å². The summed E-state index contributed by atoms with van der Waals surface area (Å²) in [6, 6.07) is 3.48. The Hall–Kier alpha value is -1.15. The number of carbonyl (C=O) groups excluding carboxylic acids is 1. The van der Waals surface area contributed by atoms with Crippen LogP contribution >= 0.6 is 11.6 Å². The van der Waals surface area contributed by atoms with Gasteiger partial charge in [0.05, 0.1) is 0 Å². The van der Waals surface area contributed by atoms with Gasteiger partial charge in [-0.1, -0.05) is 17.7 Å². The minimum Gasteiger partial charge on any atom is -0.295 e. The lowest BCUT2D eigenvalue weighted by molar-refractivity contribution is -0.112. The first-order valence-electron chi connectivity index (χ1n) is 3.48. The summed E-state index contributed by atoms with van der Waals surface area (Å²) in [4.78, 5) is 14.4. The zero-order valence-corrected chi connectivity index (χ0v) is 7.38. The largest absolute Gasteiger partial charge is 0.295 e. The minimum absolute atomic E-state index is 0.0185. The molecule has 0 N–H and O–H groups in total. The van der Waals surface area contributed by atoms with Gasteiger partial charge in [0.1, 0.15) is 5.15 Å². The average molecular weight is 182 g/mol. The van der Waals surface area contributed by atoms with Gasteiger partial charge in [-0.3, -0.25) is 4.79 Å². The standard InChI is InChI=1S/C9H8ClNO/c1-7(12)2-3-8-4-5-9(10)11-6-8/h2-6H,1H3/b3-2+. The topological polar surface area (TPSA) is 30.0 Å². The summed E-state index contributed by atoms with van der Waals surface area (Å²) in [7, 11) is 0. The number of ketones is 1. The Labute approximate surface area is 75.9 Å². The van der Waals surface area contributed by atoms with Gasteiger partial charge in [-0.15, -0.1) is 0 Å². The van der Waals surface area contributed by atoms with E-state index in [1.807, 2.05) is 0 Å². The lowest BCUT2D eigenvalue weighted by Crippen LogP contribution is -1.81. The molecule has 0 saturated carbocycles. The van der Waals surface area contributed by atoms with Gasteiger partial charge >= 0.3 is 0 Å². The van der Waals surface area contributed by atoms with Crippen molar-refractivity contribution in [3.8, 4) is 0 Å². The van der Waals surface area contributed by atoms with Crippen molar-refractivity contribution in [1.82, 2.24) is 4.98 Å². The molecule has 1 aromatic heterocycles. The second kappa shape index (κ2) is 4.02. The number of carbonyl (C=O) groups is 1. The molecular formula is C9H8ClNO. The number of nitrogens with zero attached hydrogens (tertiary/aromatic N) is 1. The van der Waals surface area contributed by atoms with E-state index < -0.39 is 0 Å². The molecule has 0 aliphatic carbocycles. The van der Waals surface area contributed by atoms with Crippen molar-refractivity contribution >= 4 is 23.5 Å². The van der Waals surface area contributed by atoms with E-state index in [2.05, 4.69) is 4.98 Å². The Kier molecular flexibility index (Phi) is 3.00. The number of halogens is 1. The molecule has 0 fully saturated rings. The Morgan fingerprint density at radius 1 is 1.58 bits per heavy atom. The van der Waals surface area contributed by atoms with Crippen molar-refractivity contribution in [1.29, 1.82) is 0 Å². The molecule has 1 heterocycles. The average Bonchev–Trinajstić information content (AvgIpc) is 2.03. The number of rotatable bonds is 2. The van der Waals surface area contributed by atoms with Crippen molar-refractivity contribution in [2.24, 2.45) is 0 Å². The molecule has 0 radical (unpaired) electrons. The maximum atomic E-state index is 10.6. The fraction of sp³-hybridized carbons (Fsp3) is 0.111. The molecule has 0 unspecified atom stereocenters. The second-order valence-corrected chi connectivity index (χ2v) is 2.75. The Morgan fingerprint density at radius 2 is 2.33 bits per heavy atom. The van der Waals surface area contributed by atoms with E-state index in [4.69, 9.17) is 11.6 Å². The molecule has 0 aromatic carbocycles. The van der Waals surface area contributed by atoms with E-state index in [0.717, 1.165) is 5.56 Å². The smallest absolute Gasteiger partial charge is 0.152 e. The molecule has 0 atom stereocenters. The van der Waals surface area contributed by atoms with Gasteiger partial charge in [-0.05, 0) is 30.7 Å². The summed E-state index contributed by atoms with van der Waals surface area (Å²) in [5, 5.41) is 0.454. The Morgan fingerprint density at radius 3 is 2.83 bits per heavy atom. The summed E-state index contributed by atoms with van der Waals surface area (Å²) in [6.45, 7) is 1.50. The van der Waals surface area contributed by atoms with Crippen molar-refractivity contribution in [2.45, 2.75) is 6.92 Å². The first-order valence-corrected chi connectivity index (χ1v) is 3.86. The highest BCUT2D eigenvalue weighted by molar-refractivity contribution is 6.29. The predicted octanol–water partition coefficient (Wildman–Crippen LogP) is 2.34. The van der Waals surface area contributed by atoms with Gasteiger partial charge in [0.2, 0.25) is 0 Å². The van der Waals surface area contributed by atoms with Gasteiger partial charge in [-0.2, -0.15) is 0 Å². The lowest BCUT2D eigenvalue weighted by Gasteiger charge is -1.90. The van der Waals surface area contributed by atoms with E-state index in [9.17, 15) is 4.79 Å². The molecule has 2 nitrogen and oxygen atoms in total. The normalized spacial score (nSPS) is 10.5. The molecule has 0 spiro atoms. The van der Waals surface area contributed by atoms with Crippen LogP contribution in [0.1, 0.15) is 12.5 Å². The van der Waals surface area contributed by atoms with Crippen LogP contribution in [-0.4, -0.2) is 10.8 Å². The molecule has 3 heteroatoms. The van der Waals surface area contributed by atoms with Gasteiger partial charge in [0.25, 0.3) is 0 Å². The Balaban J connectivity index is 2.77. The number of pyridine rings is 1. The van der Waals surface area contributed by atoms with Gasteiger partial charge in [0, 0.05) is 6.20 Å². The molecule has 0 bridgehead atoms. The van der Waals surface area contributed by atoms with Crippen molar-refractivity contribution in [2.75, 3.05) is 0 Å². The lowest BCUT2D eigenvalue weighted by atomic mass is 10.2. The summed E-state index contributed by atoms with van der Waals surface area (Å²) >= 11 is 5.57. The highest BCUT2D eigenvalue weighted by Gasteiger charge is 1.89. The zero-order valence-electron chi connectivity index (χ0n) is 6.62. The van der Waals surface area contributed by atoms with E-state index in [1.165, 1.54) is 13.0 Å². The first kappa shape index (κ1) is 8.94. The molecular weight excluding hydrogens is 174 g/mol. The number of hydrogen-bond acceptors (Lipinski definition) is 2. The summed E-state index contributed by atoms with van der Waals surface area (Å²) < 4.78 is 0. The SMILES string of the molecule is CC(=O)/C=C/c1ccc(Cl)nc1. The zero-order chi connectivity index (χ0) is 8.97. The van der Waals surface area contributed by atoms with E-state index in [1.54, 1.807) is 24.4 Å². The second-order valence-electron chi connectivity index (χ2n) is 2.36. The quantitative estimate of drug-likeness (QED) is 0.518. The molecule has 0 aliphatic rings. The maximum absolute atomic E-state index is 10.6. The van der Waals surface area contributed by atoms with Crippen LogP contribution in [0, 0.1) is 0 Å². The summed E-state index contributed by atoms with van der Waals surface area (Å²) in [6.07, 6.45) is 4.80. The molecule has 0 amide bonds. The monoisotopic (exact) mass is 181 g/mol.